The zero-order valence-corrected chi connectivity index (χ0v) is 15.4. The third-order valence-electron chi connectivity index (χ3n) is 4.98. The van der Waals surface area contributed by atoms with E-state index in [9.17, 15) is 4.79 Å². The molecule has 0 aliphatic carbocycles. The third-order valence-corrected chi connectivity index (χ3v) is 4.98. The molecule has 1 aliphatic rings. The number of aromatic nitrogens is 1. The number of benzene rings is 2. The highest BCUT2D eigenvalue weighted by molar-refractivity contribution is 5.84. The van der Waals surface area contributed by atoms with Crippen molar-refractivity contribution in [2.45, 2.75) is 13.0 Å². The second-order valence-corrected chi connectivity index (χ2v) is 6.83. The maximum Gasteiger partial charge on any atom is 0.221 e. The van der Waals surface area contributed by atoms with Crippen molar-refractivity contribution in [2.75, 3.05) is 26.7 Å². The van der Waals surface area contributed by atoms with Crippen LogP contribution in [0.15, 0.2) is 54.7 Å². The van der Waals surface area contributed by atoms with Gasteiger partial charge >= 0.3 is 0 Å². The van der Waals surface area contributed by atoms with E-state index in [1.54, 1.807) is 7.11 Å². The first-order valence-electron chi connectivity index (χ1n) is 9.24. The molecule has 5 heteroatoms. The minimum atomic E-state index is 0.134. The van der Waals surface area contributed by atoms with Gasteiger partial charge in [-0.05, 0) is 29.8 Å². The average molecular weight is 361 g/mol. The van der Waals surface area contributed by atoms with Gasteiger partial charge < -0.3 is 10.1 Å². The smallest absolute Gasteiger partial charge is 0.221 e. The maximum atomic E-state index is 11.5. The van der Waals surface area contributed by atoms with E-state index in [4.69, 9.17) is 4.74 Å². The van der Waals surface area contributed by atoms with Gasteiger partial charge in [-0.3, -0.25) is 14.7 Å². The van der Waals surface area contributed by atoms with Crippen LogP contribution in [-0.4, -0.2) is 42.5 Å². The van der Waals surface area contributed by atoms with Gasteiger partial charge in [-0.1, -0.05) is 24.3 Å². The van der Waals surface area contributed by atoms with Crippen LogP contribution in [0.3, 0.4) is 0 Å². The summed E-state index contributed by atoms with van der Waals surface area (Å²) in [5.41, 5.74) is 4.27. The predicted molar refractivity (Wildman–Crippen MR) is 107 cm³/mol. The van der Waals surface area contributed by atoms with Gasteiger partial charge in [0.15, 0.2) is 0 Å². The monoisotopic (exact) mass is 361 g/mol. The van der Waals surface area contributed by atoms with Crippen molar-refractivity contribution >= 4 is 16.8 Å². The van der Waals surface area contributed by atoms with Crippen molar-refractivity contribution in [3.05, 3.63) is 60.3 Å². The first kappa shape index (κ1) is 17.5. The number of pyridine rings is 1. The number of ether oxygens (including phenoxy) is 1. The first-order valence-corrected chi connectivity index (χ1v) is 9.24. The summed E-state index contributed by atoms with van der Waals surface area (Å²) in [6.07, 6.45) is 2.45. The van der Waals surface area contributed by atoms with Crippen molar-refractivity contribution in [3.63, 3.8) is 0 Å². The van der Waals surface area contributed by atoms with Crippen LogP contribution >= 0.6 is 0 Å². The molecule has 138 valence electrons. The van der Waals surface area contributed by atoms with E-state index < -0.39 is 0 Å². The molecule has 0 spiro atoms. The normalized spacial score (nSPS) is 15.4. The standard InChI is InChI=1S/C22H23N3O2/c1-27-21-7-6-16(15-25-10-8-22(26)23-9-11-25)12-19(21)18-13-17-4-2-3-5-20(17)24-14-18/h2-7,12-14H,8-11,15H2,1H3,(H,23,26). The zero-order valence-electron chi connectivity index (χ0n) is 15.4. The molecular formula is C22H23N3O2. The molecule has 1 saturated heterocycles. The van der Waals surface area contributed by atoms with Crippen LogP contribution in [-0.2, 0) is 11.3 Å². The van der Waals surface area contributed by atoms with Crippen LogP contribution in [0.4, 0.5) is 0 Å². The van der Waals surface area contributed by atoms with Gasteiger partial charge in [-0.15, -0.1) is 0 Å². The lowest BCUT2D eigenvalue weighted by Crippen LogP contribution is -2.28. The Labute approximate surface area is 159 Å². The van der Waals surface area contributed by atoms with E-state index in [-0.39, 0.29) is 5.91 Å². The summed E-state index contributed by atoms with van der Waals surface area (Å²) in [5, 5.41) is 4.03. The van der Waals surface area contributed by atoms with Gasteiger partial charge in [0.1, 0.15) is 5.75 Å². The topological polar surface area (TPSA) is 54.5 Å². The highest BCUT2D eigenvalue weighted by atomic mass is 16.5. The number of methoxy groups -OCH3 is 1. The molecular weight excluding hydrogens is 338 g/mol. The van der Waals surface area contributed by atoms with Gasteiger partial charge in [0.25, 0.3) is 0 Å². The number of nitrogens with zero attached hydrogens (tertiary/aromatic N) is 2. The Morgan fingerprint density at radius 1 is 1.15 bits per heavy atom. The number of hydrogen-bond donors (Lipinski definition) is 1. The van der Waals surface area contributed by atoms with Crippen LogP contribution in [0, 0.1) is 0 Å². The summed E-state index contributed by atoms with van der Waals surface area (Å²) < 4.78 is 5.59. The Morgan fingerprint density at radius 3 is 2.93 bits per heavy atom. The van der Waals surface area contributed by atoms with E-state index in [2.05, 4.69) is 39.5 Å². The fourth-order valence-electron chi connectivity index (χ4n) is 3.53. The Hall–Kier alpha value is -2.92. The molecule has 1 fully saturated rings. The quantitative estimate of drug-likeness (QED) is 0.775. The summed E-state index contributed by atoms with van der Waals surface area (Å²) in [5.74, 6) is 0.971. The number of nitrogens with one attached hydrogen (secondary N) is 1. The molecule has 0 unspecified atom stereocenters. The average Bonchev–Trinajstić information content (AvgIpc) is 2.91. The first-order chi connectivity index (χ1) is 13.2. The fourth-order valence-corrected chi connectivity index (χ4v) is 3.53. The lowest BCUT2D eigenvalue weighted by atomic mass is 10.0. The molecule has 4 rings (SSSR count). The molecule has 1 aromatic heterocycles. The lowest BCUT2D eigenvalue weighted by molar-refractivity contribution is -0.120. The van der Waals surface area contributed by atoms with Gasteiger partial charge in [0.05, 0.1) is 12.6 Å². The lowest BCUT2D eigenvalue weighted by Gasteiger charge is -2.20. The predicted octanol–water partition coefficient (Wildman–Crippen LogP) is 3.23. The highest BCUT2D eigenvalue weighted by Gasteiger charge is 2.15. The van der Waals surface area contributed by atoms with E-state index in [1.165, 1.54) is 5.56 Å². The molecule has 0 saturated carbocycles. The summed E-state index contributed by atoms with van der Waals surface area (Å²) in [6.45, 7) is 3.17. The maximum absolute atomic E-state index is 11.5. The number of para-hydroxylation sites is 1. The van der Waals surface area contributed by atoms with Gasteiger partial charge in [0, 0.05) is 55.3 Å². The summed E-state index contributed by atoms with van der Waals surface area (Å²) in [6, 6.07) is 16.5. The largest absolute Gasteiger partial charge is 0.496 e. The Bertz CT molecular complexity index is 971. The number of carbonyl (C=O) groups is 1. The molecule has 5 nitrogen and oxygen atoms in total. The molecule has 3 aromatic rings. The number of rotatable bonds is 4. The molecule has 0 bridgehead atoms. The van der Waals surface area contributed by atoms with E-state index in [1.807, 2.05) is 30.5 Å². The van der Waals surface area contributed by atoms with Gasteiger partial charge in [-0.25, -0.2) is 0 Å². The van der Waals surface area contributed by atoms with Crippen LogP contribution in [0.25, 0.3) is 22.0 Å². The van der Waals surface area contributed by atoms with Crippen molar-refractivity contribution < 1.29 is 9.53 Å². The van der Waals surface area contributed by atoms with E-state index in [0.29, 0.717) is 13.0 Å². The minimum Gasteiger partial charge on any atom is -0.496 e. The van der Waals surface area contributed by atoms with E-state index in [0.717, 1.165) is 47.4 Å². The second kappa shape index (κ2) is 7.76. The molecule has 2 heterocycles. The number of amides is 1. The van der Waals surface area contributed by atoms with Crippen LogP contribution in [0.1, 0.15) is 12.0 Å². The SMILES string of the molecule is COc1ccc(CN2CCNC(=O)CC2)cc1-c1cnc2ccccc2c1. The summed E-state index contributed by atoms with van der Waals surface area (Å²) >= 11 is 0. The number of hydrogen-bond acceptors (Lipinski definition) is 4. The molecule has 1 amide bonds. The Balaban J connectivity index is 1.64. The summed E-state index contributed by atoms with van der Waals surface area (Å²) in [4.78, 5) is 18.4. The van der Waals surface area contributed by atoms with Crippen molar-refractivity contribution in [2.24, 2.45) is 0 Å². The van der Waals surface area contributed by atoms with Crippen LogP contribution in [0.5, 0.6) is 5.75 Å². The molecule has 1 N–H and O–H groups in total. The fraction of sp³-hybridized carbons (Fsp3) is 0.273. The Morgan fingerprint density at radius 2 is 2.04 bits per heavy atom. The number of carbonyl (C=O) groups excluding carboxylic acids is 1. The summed E-state index contributed by atoms with van der Waals surface area (Å²) in [7, 11) is 1.69. The van der Waals surface area contributed by atoms with Crippen molar-refractivity contribution in [1.82, 2.24) is 15.2 Å². The molecule has 1 aliphatic heterocycles. The molecule has 0 atom stereocenters. The van der Waals surface area contributed by atoms with Crippen LogP contribution in [0.2, 0.25) is 0 Å². The minimum absolute atomic E-state index is 0.134. The highest BCUT2D eigenvalue weighted by Crippen LogP contribution is 2.32. The molecule has 27 heavy (non-hydrogen) atoms. The Kier molecular flexibility index (Phi) is 5.03. The zero-order chi connectivity index (χ0) is 18.6. The van der Waals surface area contributed by atoms with Gasteiger partial charge in [0.2, 0.25) is 5.91 Å². The molecule has 0 radical (unpaired) electrons. The second-order valence-electron chi connectivity index (χ2n) is 6.83. The van der Waals surface area contributed by atoms with Crippen LogP contribution < -0.4 is 10.1 Å². The van der Waals surface area contributed by atoms with Crippen molar-refractivity contribution in [1.29, 1.82) is 0 Å². The van der Waals surface area contributed by atoms with E-state index >= 15 is 0 Å². The molecule has 2 aromatic carbocycles. The van der Waals surface area contributed by atoms with Gasteiger partial charge in [-0.2, -0.15) is 0 Å². The van der Waals surface area contributed by atoms with Crippen molar-refractivity contribution in [3.8, 4) is 16.9 Å². The third kappa shape index (κ3) is 3.93. The number of fused-ring (bicyclic) bond motifs is 1.